The Morgan fingerprint density at radius 1 is 1.11 bits per heavy atom. The molecular formula is C20H30ClN3O4. The van der Waals surface area contributed by atoms with Gasteiger partial charge in [0.25, 0.3) is 0 Å². The molecule has 0 bridgehead atoms. The van der Waals surface area contributed by atoms with Crippen molar-refractivity contribution in [1.82, 2.24) is 9.88 Å². The highest BCUT2D eigenvalue weighted by molar-refractivity contribution is 6.34. The predicted molar refractivity (Wildman–Crippen MR) is 109 cm³/mol. The van der Waals surface area contributed by atoms with Crippen LogP contribution in [0.4, 0.5) is 15.3 Å². The minimum atomic E-state index is -0.596. The summed E-state index contributed by atoms with van der Waals surface area (Å²) in [6.07, 6.45) is 2.20. The summed E-state index contributed by atoms with van der Waals surface area (Å²) >= 11 is 6.51. The number of aromatic nitrogens is 1. The molecule has 7 nitrogen and oxygen atoms in total. The highest BCUT2D eigenvalue weighted by Gasteiger charge is 2.29. The molecule has 1 fully saturated rings. The molecule has 1 N–H and O–H groups in total. The fraction of sp³-hybridized carbons (Fsp3) is 0.650. The normalized spacial score (nSPS) is 15.9. The number of rotatable bonds is 2. The number of hydrogen-bond acceptors (Lipinski definition) is 5. The van der Waals surface area contributed by atoms with Crippen LogP contribution in [0.2, 0.25) is 5.02 Å². The molecule has 2 rings (SSSR count). The van der Waals surface area contributed by atoms with Gasteiger partial charge in [0.1, 0.15) is 11.2 Å². The monoisotopic (exact) mass is 411 g/mol. The Balaban J connectivity index is 2.02. The van der Waals surface area contributed by atoms with Crippen LogP contribution >= 0.6 is 11.6 Å². The third-order valence-corrected chi connectivity index (χ3v) is 4.48. The molecule has 0 radical (unpaired) electrons. The number of nitrogens with zero attached hydrogens (tertiary/aromatic N) is 2. The summed E-state index contributed by atoms with van der Waals surface area (Å²) in [7, 11) is 0. The molecule has 28 heavy (non-hydrogen) atoms. The summed E-state index contributed by atoms with van der Waals surface area (Å²) in [5.74, 6) is 0.103. The maximum atomic E-state index is 12.2. The molecule has 0 unspecified atom stereocenters. The second kappa shape index (κ2) is 8.55. The zero-order valence-corrected chi connectivity index (χ0v) is 18.2. The number of halogens is 1. The van der Waals surface area contributed by atoms with Gasteiger partial charge in [-0.25, -0.2) is 9.59 Å². The molecule has 0 spiro atoms. The highest BCUT2D eigenvalue weighted by atomic mass is 35.5. The lowest BCUT2D eigenvalue weighted by Crippen LogP contribution is -2.41. The first-order chi connectivity index (χ1) is 12.9. The third kappa shape index (κ3) is 6.55. The van der Waals surface area contributed by atoms with E-state index < -0.39 is 17.3 Å². The van der Waals surface area contributed by atoms with Gasteiger partial charge in [0.15, 0.2) is 0 Å². The fourth-order valence-corrected chi connectivity index (χ4v) is 3.23. The van der Waals surface area contributed by atoms with Gasteiger partial charge in [0.2, 0.25) is 0 Å². The van der Waals surface area contributed by atoms with E-state index in [4.69, 9.17) is 21.1 Å². The maximum absolute atomic E-state index is 12.2. The van der Waals surface area contributed by atoms with Crippen LogP contribution in [-0.2, 0) is 9.47 Å². The minimum absolute atomic E-state index is 0.103. The summed E-state index contributed by atoms with van der Waals surface area (Å²) in [6, 6.07) is 1.64. The number of ether oxygens (including phenoxy) is 2. The van der Waals surface area contributed by atoms with Crippen LogP contribution in [0, 0.1) is 0 Å². The van der Waals surface area contributed by atoms with Crippen molar-refractivity contribution in [3.05, 3.63) is 23.0 Å². The number of piperidine rings is 1. The lowest BCUT2D eigenvalue weighted by molar-refractivity contribution is 0.0203. The van der Waals surface area contributed by atoms with Crippen LogP contribution < -0.4 is 5.32 Å². The zero-order chi connectivity index (χ0) is 21.1. The van der Waals surface area contributed by atoms with E-state index >= 15 is 0 Å². The number of carbonyl (C=O) groups is 2. The first kappa shape index (κ1) is 22.3. The first-order valence-electron chi connectivity index (χ1n) is 9.48. The summed E-state index contributed by atoms with van der Waals surface area (Å²) < 4.78 is 10.7. The van der Waals surface area contributed by atoms with Crippen molar-refractivity contribution >= 4 is 29.5 Å². The molecule has 2 heterocycles. The van der Waals surface area contributed by atoms with Crippen molar-refractivity contribution in [2.75, 3.05) is 18.4 Å². The van der Waals surface area contributed by atoms with E-state index in [1.54, 1.807) is 37.9 Å². The van der Waals surface area contributed by atoms with E-state index in [9.17, 15) is 9.59 Å². The Morgan fingerprint density at radius 2 is 1.68 bits per heavy atom. The van der Waals surface area contributed by atoms with Crippen LogP contribution in [-0.4, -0.2) is 46.4 Å². The Labute approximate surface area is 171 Å². The average Bonchev–Trinajstić information content (AvgIpc) is 2.54. The molecule has 1 aromatic heterocycles. The Kier molecular flexibility index (Phi) is 6.80. The van der Waals surface area contributed by atoms with Crippen molar-refractivity contribution in [1.29, 1.82) is 0 Å². The maximum Gasteiger partial charge on any atom is 0.412 e. The van der Waals surface area contributed by atoms with E-state index in [0.717, 1.165) is 18.5 Å². The van der Waals surface area contributed by atoms with Gasteiger partial charge in [0, 0.05) is 25.2 Å². The summed E-state index contributed by atoms with van der Waals surface area (Å²) in [4.78, 5) is 30.4. The molecule has 2 amide bonds. The van der Waals surface area contributed by atoms with E-state index in [-0.39, 0.29) is 12.0 Å². The van der Waals surface area contributed by atoms with Crippen LogP contribution in [0.25, 0.3) is 0 Å². The van der Waals surface area contributed by atoms with Gasteiger partial charge in [-0.3, -0.25) is 10.3 Å². The SMILES string of the molecule is CC(C)(C)OC(=O)Nc1ccnc(C2CCN(C(=O)OC(C)(C)C)CC2)c1Cl. The molecule has 0 atom stereocenters. The predicted octanol–water partition coefficient (Wildman–Crippen LogP) is 5.20. The number of hydrogen-bond donors (Lipinski definition) is 1. The van der Waals surface area contributed by atoms with Gasteiger partial charge in [-0.05, 0) is 60.5 Å². The van der Waals surface area contributed by atoms with Gasteiger partial charge >= 0.3 is 12.2 Å². The fourth-order valence-electron chi connectivity index (χ4n) is 2.92. The van der Waals surface area contributed by atoms with Crippen molar-refractivity contribution in [2.24, 2.45) is 0 Å². The second-order valence-electron chi connectivity index (χ2n) is 8.93. The summed E-state index contributed by atoms with van der Waals surface area (Å²) in [6.45, 7) is 12.1. The number of anilines is 1. The molecule has 0 aromatic carbocycles. The van der Waals surface area contributed by atoms with Crippen LogP contribution in [0.15, 0.2) is 12.3 Å². The molecule has 156 valence electrons. The second-order valence-corrected chi connectivity index (χ2v) is 9.30. The number of nitrogens with one attached hydrogen (secondary N) is 1. The van der Waals surface area contributed by atoms with Crippen LogP contribution in [0.5, 0.6) is 0 Å². The number of amides is 2. The molecule has 0 saturated carbocycles. The molecule has 1 aliphatic heterocycles. The third-order valence-electron chi connectivity index (χ3n) is 4.09. The van der Waals surface area contributed by atoms with Gasteiger partial charge < -0.3 is 14.4 Å². The van der Waals surface area contributed by atoms with Gasteiger partial charge in [0.05, 0.1) is 16.4 Å². The lowest BCUT2D eigenvalue weighted by atomic mass is 9.93. The van der Waals surface area contributed by atoms with Crippen molar-refractivity contribution in [3.63, 3.8) is 0 Å². The topological polar surface area (TPSA) is 80.8 Å². The Hall–Kier alpha value is -2.02. The Morgan fingerprint density at radius 3 is 2.21 bits per heavy atom. The molecular weight excluding hydrogens is 382 g/mol. The number of likely N-dealkylation sites (tertiary alicyclic amines) is 1. The van der Waals surface area contributed by atoms with E-state index in [1.807, 2.05) is 20.8 Å². The average molecular weight is 412 g/mol. The van der Waals surface area contributed by atoms with E-state index in [1.165, 1.54) is 0 Å². The molecule has 0 aliphatic carbocycles. The first-order valence-corrected chi connectivity index (χ1v) is 9.86. The van der Waals surface area contributed by atoms with Crippen molar-refractivity contribution in [2.45, 2.75) is 71.5 Å². The van der Waals surface area contributed by atoms with Crippen molar-refractivity contribution < 1.29 is 19.1 Å². The van der Waals surface area contributed by atoms with Crippen LogP contribution in [0.1, 0.15) is 66.0 Å². The summed E-state index contributed by atoms with van der Waals surface area (Å²) in [5, 5.41) is 3.09. The van der Waals surface area contributed by atoms with Gasteiger partial charge in [-0.1, -0.05) is 11.6 Å². The molecule has 8 heteroatoms. The van der Waals surface area contributed by atoms with Crippen molar-refractivity contribution in [3.8, 4) is 0 Å². The highest BCUT2D eigenvalue weighted by Crippen LogP contribution is 2.35. The van der Waals surface area contributed by atoms with Crippen LogP contribution in [0.3, 0.4) is 0 Å². The zero-order valence-electron chi connectivity index (χ0n) is 17.5. The largest absolute Gasteiger partial charge is 0.444 e. The van der Waals surface area contributed by atoms with E-state index in [2.05, 4.69) is 10.3 Å². The standard InChI is InChI=1S/C20H30ClN3O4/c1-19(2,3)27-17(25)23-14-7-10-22-16(15(14)21)13-8-11-24(12-9-13)18(26)28-20(4,5)6/h7,10,13H,8-9,11-12H2,1-6H3,(H,22,23,25). The number of carbonyl (C=O) groups excluding carboxylic acids is 2. The number of pyridine rings is 1. The summed E-state index contributed by atoms with van der Waals surface area (Å²) in [5.41, 5.74) is 0.0797. The smallest absolute Gasteiger partial charge is 0.412 e. The van der Waals surface area contributed by atoms with Gasteiger partial charge in [-0.2, -0.15) is 0 Å². The van der Waals surface area contributed by atoms with E-state index in [0.29, 0.717) is 23.8 Å². The minimum Gasteiger partial charge on any atom is -0.444 e. The molecule has 1 aromatic rings. The Bertz CT molecular complexity index is 717. The van der Waals surface area contributed by atoms with Gasteiger partial charge in [-0.15, -0.1) is 0 Å². The lowest BCUT2D eigenvalue weighted by Gasteiger charge is -2.33. The molecule has 1 saturated heterocycles. The quantitative estimate of drug-likeness (QED) is 0.723. The molecule has 1 aliphatic rings.